The van der Waals surface area contributed by atoms with Gasteiger partial charge >= 0.3 is 0 Å². The molecule has 0 radical (unpaired) electrons. The Kier molecular flexibility index (Phi) is 11.1. The van der Waals surface area contributed by atoms with Crippen molar-refractivity contribution in [1.29, 1.82) is 0 Å². The third-order valence-electron chi connectivity index (χ3n) is 5.25. The molecule has 2 nitrogen and oxygen atoms in total. The fourth-order valence-corrected chi connectivity index (χ4v) is 11.0. The average Bonchev–Trinajstić information content (AvgIpc) is 2.67. The first-order valence-electron chi connectivity index (χ1n) is 10.7. The third-order valence-corrected chi connectivity index (χ3v) is 12.1. The summed E-state index contributed by atoms with van der Waals surface area (Å²) >= 11 is 0. The van der Waals surface area contributed by atoms with Crippen LogP contribution in [0.4, 0.5) is 0 Å². The summed E-state index contributed by atoms with van der Waals surface area (Å²) in [6.07, 6.45) is 11.3. The van der Waals surface area contributed by atoms with Gasteiger partial charge < -0.3 is 9.13 Å². The zero-order valence-electron chi connectivity index (χ0n) is 17.5. The molecule has 1 aromatic carbocycles. The van der Waals surface area contributed by atoms with E-state index in [1.807, 2.05) is 24.3 Å². The predicted octanol–water partition coefficient (Wildman–Crippen LogP) is 6.86. The molecule has 0 heterocycles. The predicted molar refractivity (Wildman–Crippen MR) is 120 cm³/mol. The van der Waals surface area contributed by atoms with E-state index < -0.39 is 14.3 Å². The third kappa shape index (κ3) is 6.69. The SMILES string of the molecule is CCCCP(=O)(CCCC)c1ccccc1P(=O)(CCCC)CCCC. The highest BCUT2D eigenvalue weighted by atomic mass is 31.2. The maximum atomic E-state index is 14.0. The lowest BCUT2D eigenvalue weighted by atomic mass is 10.4. The van der Waals surface area contributed by atoms with Gasteiger partial charge in [0.15, 0.2) is 0 Å². The molecule has 0 saturated heterocycles. The van der Waals surface area contributed by atoms with Crippen molar-refractivity contribution in [2.24, 2.45) is 0 Å². The molecule has 0 aliphatic carbocycles. The van der Waals surface area contributed by atoms with Gasteiger partial charge in [-0.1, -0.05) is 77.6 Å². The van der Waals surface area contributed by atoms with E-state index in [0.29, 0.717) is 0 Å². The monoisotopic (exact) mass is 398 g/mol. The minimum Gasteiger partial charge on any atom is -0.319 e. The molecule has 0 aliphatic rings. The van der Waals surface area contributed by atoms with E-state index in [1.54, 1.807) is 0 Å². The van der Waals surface area contributed by atoms with Crippen molar-refractivity contribution >= 4 is 24.9 Å². The average molecular weight is 399 g/mol. The van der Waals surface area contributed by atoms with E-state index >= 15 is 0 Å². The minimum absolute atomic E-state index is 0.766. The highest BCUT2D eigenvalue weighted by molar-refractivity contribution is 7.77. The van der Waals surface area contributed by atoms with Crippen LogP contribution in [-0.2, 0) is 9.13 Å². The van der Waals surface area contributed by atoms with Crippen LogP contribution in [0.2, 0.25) is 0 Å². The normalized spacial score (nSPS) is 12.5. The fraction of sp³-hybridized carbons (Fsp3) is 0.727. The summed E-state index contributed by atoms with van der Waals surface area (Å²) in [6, 6.07) is 8.05. The molecule has 1 aromatic rings. The molecule has 26 heavy (non-hydrogen) atoms. The molecule has 0 atom stereocenters. The second-order valence-corrected chi connectivity index (χ2v) is 13.9. The van der Waals surface area contributed by atoms with Crippen LogP contribution in [0.5, 0.6) is 0 Å². The van der Waals surface area contributed by atoms with Crippen molar-refractivity contribution in [2.75, 3.05) is 24.6 Å². The van der Waals surface area contributed by atoms with Crippen LogP contribution in [0.25, 0.3) is 0 Å². The first-order chi connectivity index (χ1) is 12.5. The lowest BCUT2D eigenvalue weighted by Gasteiger charge is -2.26. The fourth-order valence-electron chi connectivity index (χ4n) is 3.51. The van der Waals surface area contributed by atoms with E-state index in [2.05, 4.69) is 27.7 Å². The molecule has 0 saturated carbocycles. The highest BCUT2D eigenvalue weighted by Gasteiger charge is 2.33. The van der Waals surface area contributed by atoms with Crippen LogP contribution >= 0.6 is 14.3 Å². The van der Waals surface area contributed by atoms with Crippen molar-refractivity contribution in [2.45, 2.75) is 79.1 Å². The number of hydrogen-bond donors (Lipinski definition) is 0. The first kappa shape index (κ1) is 23.7. The zero-order valence-corrected chi connectivity index (χ0v) is 19.3. The summed E-state index contributed by atoms with van der Waals surface area (Å²) in [7, 11) is -4.95. The van der Waals surface area contributed by atoms with Gasteiger partial charge in [-0.15, -0.1) is 0 Å². The molecule has 0 aliphatic heterocycles. The topological polar surface area (TPSA) is 34.1 Å². The van der Waals surface area contributed by atoms with Crippen LogP contribution in [0.3, 0.4) is 0 Å². The summed E-state index contributed by atoms with van der Waals surface area (Å²) in [5.41, 5.74) is 0. The van der Waals surface area contributed by atoms with E-state index in [1.165, 1.54) is 0 Å². The summed E-state index contributed by atoms with van der Waals surface area (Å²) in [4.78, 5) is 0. The van der Waals surface area contributed by atoms with E-state index in [4.69, 9.17) is 0 Å². The summed E-state index contributed by atoms with van der Waals surface area (Å²) in [5.74, 6) is 0. The van der Waals surface area contributed by atoms with Crippen molar-refractivity contribution in [1.82, 2.24) is 0 Å². The molecular formula is C22H40O2P2. The first-order valence-corrected chi connectivity index (χ1v) is 14.9. The highest BCUT2D eigenvalue weighted by Crippen LogP contribution is 2.52. The second-order valence-electron chi connectivity index (χ2n) is 7.58. The maximum Gasteiger partial charge on any atom is 0.116 e. The van der Waals surface area contributed by atoms with Crippen molar-refractivity contribution in [3.05, 3.63) is 24.3 Å². The molecule has 150 valence electrons. The summed E-state index contributed by atoms with van der Waals surface area (Å²) < 4.78 is 28.1. The quantitative estimate of drug-likeness (QED) is 0.321. The number of rotatable bonds is 14. The van der Waals surface area contributed by atoms with E-state index in [0.717, 1.165) is 86.6 Å². The van der Waals surface area contributed by atoms with Crippen molar-refractivity contribution in [3.8, 4) is 0 Å². The van der Waals surface area contributed by atoms with Gasteiger partial charge in [0.25, 0.3) is 0 Å². The Bertz CT molecular complexity index is 533. The van der Waals surface area contributed by atoms with Gasteiger partial charge in [0, 0.05) is 35.3 Å². The molecule has 0 bridgehead atoms. The van der Waals surface area contributed by atoms with E-state index in [-0.39, 0.29) is 0 Å². The van der Waals surface area contributed by atoms with Gasteiger partial charge in [-0.2, -0.15) is 0 Å². The largest absolute Gasteiger partial charge is 0.319 e. The molecular weight excluding hydrogens is 358 g/mol. The number of unbranched alkanes of at least 4 members (excludes halogenated alkanes) is 4. The Morgan fingerprint density at radius 1 is 0.577 bits per heavy atom. The molecule has 0 aromatic heterocycles. The summed E-state index contributed by atoms with van der Waals surface area (Å²) in [5, 5.41) is 1.91. The number of benzene rings is 1. The Hall–Kier alpha value is -0.320. The molecule has 0 fully saturated rings. The lowest BCUT2D eigenvalue weighted by molar-refractivity contribution is 0.574. The van der Waals surface area contributed by atoms with Crippen LogP contribution in [0.1, 0.15) is 79.1 Å². The Labute approximate surface area is 162 Å². The maximum absolute atomic E-state index is 14.0. The smallest absolute Gasteiger partial charge is 0.116 e. The van der Waals surface area contributed by atoms with Gasteiger partial charge in [-0.3, -0.25) is 0 Å². The van der Waals surface area contributed by atoms with E-state index in [9.17, 15) is 9.13 Å². The molecule has 0 N–H and O–H groups in total. The van der Waals surface area contributed by atoms with Gasteiger partial charge in [-0.05, 0) is 25.7 Å². The Balaban J connectivity index is 3.38. The van der Waals surface area contributed by atoms with Gasteiger partial charge in [0.1, 0.15) is 14.3 Å². The van der Waals surface area contributed by atoms with Crippen LogP contribution in [0.15, 0.2) is 24.3 Å². The molecule has 0 spiro atoms. The summed E-state index contributed by atoms with van der Waals surface area (Å²) in [6.45, 7) is 8.62. The zero-order chi connectivity index (χ0) is 19.5. The van der Waals surface area contributed by atoms with Crippen LogP contribution in [-0.4, -0.2) is 24.6 Å². The Morgan fingerprint density at radius 2 is 0.846 bits per heavy atom. The standard InChI is InChI=1S/C22H40O2P2/c1-5-9-17-25(23,18-10-6-2)21-15-13-14-16-22(21)26(24,19-11-7-3)20-12-8-4/h13-16H,5-12,17-20H2,1-4H3. The molecule has 4 heteroatoms. The minimum atomic E-state index is -2.48. The van der Waals surface area contributed by atoms with Gasteiger partial charge in [-0.25, -0.2) is 0 Å². The Morgan fingerprint density at radius 3 is 1.08 bits per heavy atom. The molecule has 1 rings (SSSR count). The van der Waals surface area contributed by atoms with Crippen molar-refractivity contribution < 1.29 is 9.13 Å². The van der Waals surface area contributed by atoms with Gasteiger partial charge in [0.2, 0.25) is 0 Å². The van der Waals surface area contributed by atoms with Crippen LogP contribution < -0.4 is 10.6 Å². The molecule has 0 unspecified atom stereocenters. The van der Waals surface area contributed by atoms with Gasteiger partial charge in [0.05, 0.1) is 0 Å². The second kappa shape index (κ2) is 12.2. The number of hydrogen-bond acceptors (Lipinski definition) is 2. The lowest BCUT2D eigenvalue weighted by Crippen LogP contribution is -2.29. The molecule has 0 amide bonds. The van der Waals surface area contributed by atoms with Crippen molar-refractivity contribution in [3.63, 3.8) is 0 Å². The van der Waals surface area contributed by atoms with Crippen LogP contribution in [0, 0.1) is 0 Å².